The van der Waals surface area contributed by atoms with Gasteiger partial charge in [-0.05, 0) is 12.5 Å². The Morgan fingerprint density at radius 1 is 1.25 bits per heavy atom. The van der Waals surface area contributed by atoms with Crippen LogP contribution in [0, 0.1) is 0 Å². The third-order valence-corrected chi connectivity index (χ3v) is 3.14. The van der Waals surface area contributed by atoms with Crippen molar-refractivity contribution >= 4 is 23.2 Å². The molecular weight excluding hydrogens is 247 g/mol. The third kappa shape index (κ3) is 3.32. The van der Waals surface area contributed by atoms with E-state index in [-0.39, 0.29) is 0 Å². The maximum absolute atomic E-state index is 6.04. The van der Waals surface area contributed by atoms with Gasteiger partial charge in [0.1, 0.15) is 10.3 Å². The summed E-state index contributed by atoms with van der Waals surface area (Å²) >= 11 is 11.8. The second kappa shape index (κ2) is 5.82. The highest BCUT2D eigenvalue weighted by atomic mass is 35.5. The molecule has 0 atom stereocenters. The van der Waals surface area contributed by atoms with E-state index in [0.29, 0.717) is 10.3 Å². The molecule has 0 bridgehead atoms. The molecule has 2 heterocycles. The third-order valence-electron chi connectivity index (χ3n) is 2.60. The zero-order chi connectivity index (χ0) is 11.4. The minimum Gasteiger partial charge on any atom is -0.380 e. The van der Waals surface area contributed by atoms with E-state index in [1.807, 2.05) is 6.07 Å². The van der Waals surface area contributed by atoms with E-state index in [4.69, 9.17) is 27.9 Å². The summed E-state index contributed by atoms with van der Waals surface area (Å²) in [6.07, 6.45) is 1.07. The molecule has 0 amide bonds. The molecule has 3 nitrogen and oxygen atoms in total. The van der Waals surface area contributed by atoms with E-state index in [9.17, 15) is 0 Å². The van der Waals surface area contributed by atoms with E-state index in [1.54, 1.807) is 6.07 Å². The molecule has 0 aliphatic carbocycles. The fourth-order valence-corrected chi connectivity index (χ4v) is 2.16. The zero-order valence-electron chi connectivity index (χ0n) is 8.96. The van der Waals surface area contributed by atoms with Crippen LogP contribution < -0.4 is 0 Å². The molecular formula is C11H14Cl2N2O. The fraction of sp³-hybridized carbons (Fsp3) is 0.545. The summed E-state index contributed by atoms with van der Waals surface area (Å²) in [5, 5.41) is 0.936. The highest BCUT2D eigenvalue weighted by Crippen LogP contribution is 2.18. The molecule has 1 aromatic rings. The second-order valence-corrected chi connectivity index (χ2v) is 4.57. The molecule has 1 aliphatic heterocycles. The number of hydrogen-bond acceptors (Lipinski definition) is 3. The molecule has 0 aromatic carbocycles. The highest BCUT2D eigenvalue weighted by Gasteiger charge is 2.12. The predicted octanol–water partition coefficient (Wildman–Crippen LogP) is 2.61. The topological polar surface area (TPSA) is 25.4 Å². The minimum atomic E-state index is 0.438. The van der Waals surface area contributed by atoms with Gasteiger partial charge in [0.25, 0.3) is 0 Å². The average Bonchev–Trinajstić information content (AvgIpc) is 2.51. The van der Waals surface area contributed by atoms with E-state index >= 15 is 0 Å². The van der Waals surface area contributed by atoms with Gasteiger partial charge in [-0.15, -0.1) is 0 Å². The Labute approximate surface area is 105 Å². The molecule has 1 aromatic heterocycles. The molecule has 0 N–H and O–H groups in total. The number of halogens is 2. The summed E-state index contributed by atoms with van der Waals surface area (Å²) in [6, 6.07) is 3.71. The first-order valence-corrected chi connectivity index (χ1v) is 6.12. The van der Waals surface area contributed by atoms with Crippen LogP contribution in [-0.2, 0) is 11.3 Å². The number of ether oxygens (including phenoxy) is 1. The molecule has 0 saturated carbocycles. The van der Waals surface area contributed by atoms with Gasteiger partial charge in [-0.1, -0.05) is 29.3 Å². The molecule has 2 rings (SSSR count). The predicted molar refractivity (Wildman–Crippen MR) is 65.0 cm³/mol. The monoisotopic (exact) mass is 260 g/mol. The summed E-state index contributed by atoms with van der Waals surface area (Å²) in [4.78, 5) is 6.36. The van der Waals surface area contributed by atoms with Crippen molar-refractivity contribution in [1.29, 1.82) is 0 Å². The zero-order valence-corrected chi connectivity index (χ0v) is 10.5. The van der Waals surface area contributed by atoms with Gasteiger partial charge in [-0.2, -0.15) is 0 Å². The lowest BCUT2D eigenvalue weighted by Crippen LogP contribution is -2.26. The van der Waals surface area contributed by atoms with E-state index < -0.39 is 0 Å². The van der Waals surface area contributed by atoms with Gasteiger partial charge in [0.15, 0.2) is 0 Å². The quantitative estimate of drug-likeness (QED) is 0.765. The van der Waals surface area contributed by atoms with Gasteiger partial charge in [-0.25, -0.2) is 4.98 Å². The molecule has 1 fully saturated rings. The first-order chi connectivity index (χ1) is 7.75. The Balaban J connectivity index is 2.01. The van der Waals surface area contributed by atoms with Crippen LogP contribution >= 0.6 is 23.2 Å². The first-order valence-electron chi connectivity index (χ1n) is 5.37. The second-order valence-electron chi connectivity index (χ2n) is 3.83. The fourth-order valence-electron chi connectivity index (χ4n) is 1.76. The van der Waals surface area contributed by atoms with Crippen molar-refractivity contribution in [3.63, 3.8) is 0 Å². The summed E-state index contributed by atoms with van der Waals surface area (Å²) in [5.74, 6) is 0. The van der Waals surface area contributed by atoms with Crippen LogP contribution in [0.1, 0.15) is 12.0 Å². The van der Waals surface area contributed by atoms with Crippen LogP contribution in [0.5, 0.6) is 0 Å². The molecule has 1 aliphatic rings. The van der Waals surface area contributed by atoms with Crippen LogP contribution in [0.2, 0.25) is 10.3 Å². The van der Waals surface area contributed by atoms with Gasteiger partial charge in [0.05, 0.1) is 6.61 Å². The van der Waals surface area contributed by atoms with Crippen molar-refractivity contribution in [2.45, 2.75) is 13.0 Å². The molecule has 88 valence electrons. The van der Waals surface area contributed by atoms with Crippen LogP contribution in [0.3, 0.4) is 0 Å². The maximum Gasteiger partial charge on any atom is 0.135 e. The Bertz CT molecular complexity index is 352. The van der Waals surface area contributed by atoms with E-state index in [0.717, 1.165) is 44.8 Å². The minimum absolute atomic E-state index is 0.438. The summed E-state index contributed by atoms with van der Waals surface area (Å²) in [5.41, 5.74) is 1.02. The van der Waals surface area contributed by atoms with E-state index in [1.165, 1.54) is 0 Å². The molecule has 0 spiro atoms. The van der Waals surface area contributed by atoms with Crippen molar-refractivity contribution in [3.8, 4) is 0 Å². The van der Waals surface area contributed by atoms with E-state index in [2.05, 4.69) is 9.88 Å². The van der Waals surface area contributed by atoms with Crippen molar-refractivity contribution in [1.82, 2.24) is 9.88 Å². The number of nitrogens with zero attached hydrogens (tertiary/aromatic N) is 2. The molecule has 0 unspecified atom stereocenters. The van der Waals surface area contributed by atoms with Crippen LogP contribution in [-0.4, -0.2) is 36.2 Å². The SMILES string of the molecule is Clc1ccc(CN2CCCOCC2)c(Cl)n1. The molecule has 0 radical (unpaired) electrons. The maximum atomic E-state index is 6.04. The van der Waals surface area contributed by atoms with Gasteiger partial charge in [-0.3, -0.25) is 4.90 Å². The lowest BCUT2D eigenvalue weighted by atomic mass is 10.2. The largest absolute Gasteiger partial charge is 0.380 e. The Morgan fingerprint density at radius 2 is 2.12 bits per heavy atom. The standard InChI is InChI=1S/C11H14Cl2N2O/c12-10-3-2-9(11(13)14-10)8-15-4-1-6-16-7-5-15/h2-3H,1,4-8H2. The van der Waals surface area contributed by atoms with Gasteiger partial charge >= 0.3 is 0 Å². The van der Waals surface area contributed by atoms with Crippen LogP contribution in [0.25, 0.3) is 0 Å². The molecule has 16 heavy (non-hydrogen) atoms. The first kappa shape index (κ1) is 12.1. The molecule has 5 heteroatoms. The lowest BCUT2D eigenvalue weighted by molar-refractivity contribution is 0.140. The summed E-state index contributed by atoms with van der Waals surface area (Å²) in [7, 11) is 0. The highest BCUT2D eigenvalue weighted by molar-refractivity contribution is 6.32. The van der Waals surface area contributed by atoms with Crippen LogP contribution in [0.15, 0.2) is 12.1 Å². The van der Waals surface area contributed by atoms with Gasteiger partial charge < -0.3 is 4.74 Å². The van der Waals surface area contributed by atoms with Crippen molar-refractivity contribution in [2.75, 3.05) is 26.3 Å². The number of hydrogen-bond donors (Lipinski definition) is 0. The van der Waals surface area contributed by atoms with Crippen molar-refractivity contribution < 1.29 is 4.74 Å². The van der Waals surface area contributed by atoms with Crippen molar-refractivity contribution in [3.05, 3.63) is 28.0 Å². The summed E-state index contributed by atoms with van der Waals surface area (Å²) < 4.78 is 5.40. The van der Waals surface area contributed by atoms with Gasteiger partial charge in [0, 0.05) is 31.8 Å². The number of rotatable bonds is 2. The molecule has 1 saturated heterocycles. The summed E-state index contributed by atoms with van der Waals surface area (Å²) in [6.45, 7) is 4.44. The van der Waals surface area contributed by atoms with Crippen LogP contribution in [0.4, 0.5) is 0 Å². The number of pyridine rings is 1. The lowest BCUT2D eigenvalue weighted by Gasteiger charge is -2.19. The Kier molecular flexibility index (Phi) is 4.41. The Morgan fingerprint density at radius 3 is 2.94 bits per heavy atom. The smallest absolute Gasteiger partial charge is 0.135 e. The average molecular weight is 261 g/mol. The Hall–Kier alpha value is -0.350. The number of aromatic nitrogens is 1. The normalized spacial score (nSPS) is 18.4. The van der Waals surface area contributed by atoms with Gasteiger partial charge in [0.2, 0.25) is 0 Å². The van der Waals surface area contributed by atoms with Crippen molar-refractivity contribution in [2.24, 2.45) is 0 Å².